The summed E-state index contributed by atoms with van der Waals surface area (Å²) in [7, 11) is 3.88. The van der Waals surface area contributed by atoms with Crippen molar-refractivity contribution in [3.63, 3.8) is 0 Å². The number of anilines is 1. The number of hydrogen-bond acceptors (Lipinski definition) is 4. The minimum absolute atomic E-state index is 0.0201. The molecule has 5 rings (SSSR count). The van der Waals surface area contributed by atoms with Gasteiger partial charge in [-0.25, -0.2) is 0 Å². The standard InChI is InChI=1S/C26H32N2O3/c1-27-12-10-26(11-13-27)18-28(25(29)14-19-8-9-19)22-16-24(23(30-2)15-21(22)26)31-17-20-6-4-3-5-7-20/h3-7,15-16,19H,8-14,17-18H2,1-2H3. The first-order valence-electron chi connectivity index (χ1n) is 11.5. The minimum atomic E-state index is 0.0201. The number of benzene rings is 2. The number of amides is 1. The maximum atomic E-state index is 13.2. The predicted molar refractivity (Wildman–Crippen MR) is 122 cm³/mol. The second-order valence-corrected chi connectivity index (χ2v) is 9.51. The number of carbonyl (C=O) groups excluding carboxylic acids is 1. The van der Waals surface area contributed by atoms with Gasteiger partial charge in [0.15, 0.2) is 11.5 Å². The molecule has 164 valence electrons. The van der Waals surface area contributed by atoms with E-state index in [1.807, 2.05) is 23.1 Å². The van der Waals surface area contributed by atoms with E-state index in [-0.39, 0.29) is 11.3 Å². The molecule has 31 heavy (non-hydrogen) atoms. The van der Waals surface area contributed by atoms with Crippen LogP contribution in [0.5, 0.6) is 11.5 Å². The van der Waals surface area contributed by atoms with Crippen molar-refractivity contribution < 1.29 is 14.3 Å². The molecule has 0 N–H and O–H groups in total. The lowest BCUT2D eigenvalue weighted by atomic mass is 9.74. The lowest BCUT2D eigenvalue weighted by Crippen LogP contribution is -2.44. The van der Waals surface area contributed by atoms with Crippen molar-refractivity contribution >= 4 is 11.6 Å². The molecule has 2 aromatic rings. The summed E-state index contributed by atoms with van der Waals surface area (Å²) >= 11 is 0. The Labute approximate surface area is 184 Å². The zero-order valence-corrected chi connectivity index (χ0v) is 18.6. The Hall–Kier alpha value is -2.53. The Morgan fingerprint density at radius 2 is 1.84 bits per heavy atom. The first kappa shape index (κ1) is 20.4. The summed E-state index contributed by atoms with van der Waals surface area (Å²) in [6.07, 6.45) is 5.18. The van der Waals surface area contributed by atoms with Crippen LogP contribution in [0.1, 0.15) is 43.2 Å². The van der Waals surface area contributed by atoms with Crippen LogP contribution in [0, 0.1) is 5.92 Å². The zero-order valence-electron chi connectivity index (χ0n) is 18.6. The molecule has 2 heterocycles. The topological polar surface area (TPSA) is 42.0 Å². The first-order chi connectivity index (χ1) is 15.1. The predicted octanol–water partition coefficient (Wildman–Crippen LogP) is 4.38. The van der Waals surface area contributed by atoms with E-state index in [1.54, 1.807) is 7.11 Å². The quantitative estimate of drug-likeness (QED) is 0.695. The van der Waals surface area contributed by atoms with E-state index in [2.05, 4.69) is 36.2 Å². The van der Waals surface area contributed by atoms with Crippen LogP contribution in [0.2, 0.25) is 0 Å². The van der Waals surface area contributed by atoms with Gasteiger partial charge in [0.25, 0.3) is 0 Å². The van der Waals surface area contributed by atoms with Gasteiger partial charge in [-0.05, 0) is 68.9 Å². The third kappa shape index (κ3) is 4.03. The van der Waals surface area contributed by atoms with Crippen molar-refractivity contribution in [2.45, 2.75) is 44.1 Å². The maximum absolute atomic E-state index is 13.2. The molecule has 2 aliphatic heterocycles. The van der Waals surface area contributed by atoms with E-state index in [1.165, 1.54) is 18.4 Å². The fourth-order valence-electron chi connectivity index (χ4n) is 5.05. The SMILES string of the molecule is COc1cc2c(cc1OCc1ccccc1)N(C(=O)CC1CC1)CC21CCN(C)CC1. The Morgan fingerprint density at radius 1 is 1.10 bits per heavy atom. The monoisotopic (exact) mass is 420 g/mol. The molecule has 0 radical (unpaired) electrons. The normalized spacial score (nSPS) is 20.0. The molecule has 5 nitrogen and oxygen atoms in total. The number of carbonyl (C=O) groups is 1. The number of nitrogens with zero attached hydrogens (tertiary/aromatic N) is 2. The molecule has 2 aromatic carbocycles. The molecule has 0 unspecified atom stereocenters. The smallest absolute Gasteiger partial charge is 0.227 e. The summed E-state index contributed by atoms with van der Waals surface area (Å²) in [4.78, 5) is 17.7. The highest BCUT2D eigenvalue weighted by Crippen LogP contribution is 2.51. The van der Waals surface area contributed by atoms with Gasteiger partial charge in [-0.1, -0.05) is 30.3 Å². The number of rotatable bonds is 6. The van der Waals surface area contributed by atoms with Crippen LogP contribution in [0.3, 0.4) is 0 Å². The maximum Gasteiger partial charge on any atom is 0.227 e. The Bertz CT molecular complexity index is 947. The average molecular weight is 421 g/mol. The van der Waals surface area contributed by atoms with Crippen molar-refractivity contribution in [3.8, 4) is 11.5 Å². The van der Waals surface area contributed by atoms with Crippen molar-refractivity contribution in [1.82, 2.24) is 4.90 Å². The van der Waals surface area contributed by atoms with Crippen LogP contribution in [0.15, 0.2) is 42.5 Å². The van der Waals surface area contributed by atoms with Gasteiger partial charge in [0.05, 0.1) is 12.8 Å². The van der Waals surface area contributed by atoms with Crippen LogP contribution < -0.4 is 14.4 Å². The molecule has 1 aliphatic carbocycles. The second kappa shape index (κ2) is 8.19. The fourth-order valence-corrected chi connectivity index (χ4v) is 5.05. The molecule has 0 aromatic heterocycles. The molecule has 1 amide bonds. The van der Waals surface area contributed by atoms with Gasteiger partial charge < -0.3 is 19.3 Å². The van der Waals surface area contributed by atoms with Crippen LogP contribution >= 0.6 is 0 Å². The van der Waals surface area contributed by atoms with Gasteiger partial charge in [-0.2, -0.15) is 0 Å². The highest BCUT2D eigenvalue weighted by Gasteiger charge is 2.47. The highest BCUT2D eigenvalue weighted by molar-refractivity contribution is 5.97. The lowest BCUT2D eigenvalue weighted by molar-refractivity contribution is -0.119. The van der Waals surface area contributed by atoms with Crippen molar-refractivity contribution in [1.29, 1.82) is 0 Å². The van der Waals surface area contributed by atoms with Crippen LogP contribution in [0.4, 0.5) is 5.69 Å². The molecular weight excluding hydrogens is 388 g/mol. The number of piperidine rings is 1. The first-order valence-corrected chi connectivity index (χ1v) is 11.5. The van der Waals surface area contributed by atoms with Crippen LogP contribution in [-0.4, -0.2) is 44.6 Å². The summed E-state index contributed by atoms with van der Waals surface area (Å²) in [5.74, 6) is 2.31. The van der Waals surface area contributed by atoms with Crippen molar-refractivity contribution in [3.05, 3.63) is 53.6 Å². The second-order valence-electron chi connectivity index (χ2n) is 9.51. The van der Waals surface area contributed by atoms with E-state index >= 15 is 0 Å². The Morgan fingerprint density at radius 3 is 2.52 bits per heavy atom. The Kier molecular flexibility index (Phi) is 5.39. The largest absolute Gasteiger partial charge is 0.493 e. The molecule has 1 saturated heterocycles. The van der Waals surface area contributed by atoms with Crippen LogP contribution in [-0.2, 0) is 16.8 Å². The number of hydrogen-bond donors (Lipinski definition) is 0. The minimum Gasteiger partial charge on any atom is -0.493 e. The van der Waals surface area contributed by atoms with Crippen LogP contribution in [0.25, 0.3) is 0 Å². The number of likely N-dealkylation sites (tertiary alicyclic amines) is 1. The molecule has 1 saturated carbocycles. The molecular formula is C26H32N2O3. The summed E-state index contributed by atoms with van der Waals surface area (Å²) < 4.78 is 11.9. The highest BCUT2D eigenvalue weighted by atomic mass is 16.5. The average Bonchev–Trinajstić information content (AvgIpc) is 3.56. The molecule has 5 heteroatoms. The Balaban J connectivity index is 1.48. The fraction of sp³-hybridized carbons (Fsp3) is 0.500. The van der Waals surface area contributed by atoms with E-state index in [0.29, 0.717) is 24.7 Å². The molecule has 0 atom stereocenters. The van der Waals surface area contributed by atoms with Gasteiger partial charge >= 0.3 is 0 Å². The van der Waals surface area contributed by atoms with Gasteiger partial charge in [-0.3, -0.25) is 4.79 Å². The summed E-state index contributed by atoms with van der Waals surface area (Å²) in [6, 6.07) is 14.3. The van der Waals surface area contributed by atoms with Crippen molar-refractivity contribution in [2.75, 3.05) is 38.7 Å². The summed E-state index contributed by atoms with van der Waals surface area (Å²) in [5, 5.41) is 0. The van der Waals surface area contributed by atoms with E-state index < -0.39 is 0 Å². The molecule has 2 fully saturated rings. The number of ether oxygens (including phenoxy) is 2. The van der Waals surface area contributed by atoms with Gasteiger partial charge in [-0.15, -0.1) is 0 Å². The summed E-state index contributed by atoms with van der Waals surface area (Å²) in [6.45, 7) is 3.37. The summed E-state index contributed by atoms with van der Waals surface area (Å²) in [5.41, 5.74) is 3.41. The van der Waals surface area contributed by atoms with Gasteiger partial charge in [0.1, 0.15) is 6.61 Å². The van der Waals surface area contributed by atoms with Gasteiger partial charge in [0, 0.05) is 24.4 Å². The van der Waals surface area contributed by atoms with E-state index in [0.717, 1.165) is 49.5 Å². The number of methoxy groups -OCH3 is 1. The van der Waals surface area contributed by atoms with E-state index in [4.69, 9.17) is 9.47 Å². The molecule has 1 spiro atoms. The molecule has 0 bridgehead atoms. The zero-order chi connectivity index (χ0) is 21.4. The number of fused-ring (bicyclic) bond motifs is 2. The third-order valence-corrected chi connectivity index (χ3v) is 7.25. The lowest BCUT2D eigenvalue weighted by Gasteiger charge is -2.38. The molecule has 3 aliphatic rings. The van der Waals surface area contributed by atoms with Crippen molar-refractivity contribution in [2.24, 2.45) is 5.92 Å². The van der Waals surface area contributed by atoms with Gasteiger partial charge in [0.2, 0.25) is 5.91 Å². The third-order valence-electron chi connectivity index (χ3n) is 7.25. The van der Waals surface area contributed by atoms with E-state index in [9.17, 15) is 4.79 Å².